The lowest BCUT2D eigenvalue weighted by molar-refractivity contribution is -0.124. The van der Waals surface area contributed by atoms with E-state index in [2.05, 4.69) is 4.90 Å². The molecule has 3 fully saturated rings. The van der Waals surface area contributed by atoms with Crippen LogP contribution in [-0.2, 0) is 14.3 Å². The van der Waals surface area contributed by atoms with Gasteiger partial charge in [0.1, 0.15) is 17.3 Å². The molecular formula is C23H23FN2O4S. The van der Waals surface area contributed by atoms with Gasteiger partial charge in [0.15, 0.2) is 0 Å². The van der Waals surface area contributed by atoms with Crippen molar-refractivity contribution in [3.8, 4) is 0 Å². The third-order valence-electron chi connectivity index (χ3n) is 6.00. The largest absolute Gasteiger partial charge is 0.456 e. The highest BCUT2D eigenvalue weighted by molar-refractivity contribution is 8.00. The number of benzene rings is 2. The summed E-state index contributed by atoms with van der Waals surface area (Å²) in [5, 5.41) is -0.221. The average Bonchev–Trinajstić information content (AvgIpc) is 3.06. The van der Waals surface area contributed by atoms with Crippen molar-refractivity contribution in [3.05, 3.63) is 65.0 Å². The van der Waals surface area contributed by atoms with Gasteiger partial charge in [0.05, 0.1) is 30.6 Å². The Balaban J connectivity index is 1.28. The maximum Gasteiger partial charge on any atom is 0.338 e. The zero-order valence-corrected chi connectivity index (χ0v) is 17.9. The number of carbonyl (C=O) groups excluding carboxylic acids is 2. The molecule has 0 radical (unpaired) electrons. The summed E-state index contributed by atoms with van der Waals surface area (Å²) >= 11 is 1.51. The molecule has 3 heterocycles. The molecule has 0 aliphatic carbocycles. The predicted molar refractivity (Wildman–Crippen MR) is 116 cm³/mol. The lowest BCUT2D eigenvalue weighted by atomic mass is 10.1. The molecule has 0 spiro atoms. The monoisotopic (exact) mass is 442 g/mol. The van der Waals surface area contributed by atoms with E-state index >= 15 is 0 Å². The summed E-state index contributed by atoms with van der Waals surface area (Å²) in [5.41, 5.74) is 2.91. The number of carbonyl (C=O) groups is 2. The van der Waals surface area contributed by atoms with Gasteiger partial charge >= 0.3 is 5.97 Å². The molecule has 6 nitrogen and oxygen atoms in total. The fraction of sp³-hybridized carbons (Fsp3) is 0.391. The Morgan fingerprint density at radius 3 is 2.55 bits per heavy atom. The summed E-state index contributed by atoms with van der Waals surface area (Å²) in [6.45, 7) is 4.89. The van der Waals surface area contributed by atoms with Crippen molar-refractivity contribution in [2.75, 3.05) is 37.0 Å². The van der Waals surface area contributed by atoms with Crippen LogP contribution in [0.2, 0.25) is 0 Å². The third kappa shape index (κ3) is 3.95. The summed E-state index contributed by atoms with van der Waals surface area (Å²) in [4.78, 5) is 29.2. The second kappa shape index (κ2) is 8.26. The molecule has 3 aliphatic heterocycles. The Morgan fingerprint density at radius 2 is 1.90 bits per heavy atom. The van der Waals surface area contributed by atoms with Crippen LogP contribution in [-0.4, -0.2) is 61.0 Å². The fourth-order valence-corrected chi connectivity index (χ4v) is 5.28. The van der Waals surface area contributed by atoms with E-state index in [1.165, 1.54) is 23.9 Å². The van der Waals surface area contributed by atoms with E-state index in [0.29, 0.717) is 17.4 Å². The minimum Gasteiger partial charge on any atom is -0.456 e. The molecule has 0 N–H and O–H groups in total. The minimum absolute atomic E-state index is 0.00714. The Morgan fingerprint density at radius 1 is 1.16 bits per heavy atom. The lowest BCUT2D eigenvalue weighted by Crippen LogP contribution is -2.62. The topological polar surface area (TPSA) is 59.1 Å². The van der Waals surface area contributed by atoms with Crippen molar-refractivity contribution in [2.45, 2.75) is 24.4 Å². The number of amides is 1. The van der Waals surface area contributed by atoms with Crippen LogP contribution in [0, 0.1) is 12.7 Å². The maximum absolute atomic E-state index is 13.3. The van der Waals surface area contributed by atoms with Gasteiger partial charge in [-0.15, -0.1) is 11.8 Å². The quantitative estimate of drug-likeness (QED) is 0.663. The van der Waals surface area contributed by atoms with Crippen LogP contribution in [0.25, 0.3) is 0 Å². The summed E-state index contributed by atoms with van der Waals surface area (Å²) in [7, 11) is 0. The number of nitrogens with zero attached hydrogens (tertiary/aromatic N) is 2. The highest BCUT2D eigenvalue weighted by Crippen LogP contribution is 2.43. The highest BCUT2D eigenvalue weighted by Gasteiger charge is 2.38. The van der Waals surface area contributed by atoms with Gasteiger partial charge in [0.25, 0.3) is 0 Å². The van der Waals surface area contributed by atoms with Gasteiger partial charge in [-0.05, 0) is 48.4 Å². The van der Waals surface area contributed by atoms with Crippen LogP contribution in [0.4, 0.5) is 10.1 Å². The molecule has 0 saturated carbocycles. The summed E-state index contributed by atoms with van der Waals surface area (Å²) < 4.78 is 24.1. The first-order valence-electron chi connectivity index (χ1n) is 10.3. The summed E-state index contributed by atoms with van der Waals surface area (Å²) in [6, 6.07) is 12.0. The molecule has 162 valence electrons. The van der Waals surface area contributed by atoms with Gasteiger partial charge in [-0.25, -0.2) is 9.18 Å². The molecule has 0 bridgehead atoms. The van der Waals surface area contributed by atoms with E-state index in [9.17, 15) is 14.0 Å². The minimum atomic E-state index is -0.346. The Bertz CT molecular complexity index is 1010. The molecular weight excluding hydrogens is 419 g/mol. The average molecular weight is 443 g/mol. The molecule has 3 saturated heterocycles. The number of hydrogen-bond acceptors (Lipinski definition) is 6. The predicted octanol–water partition coefficient (Wildman–Crippen LogP) is 3.15. The number of anilines is 1. The summed E-state index contributed by atoms with van der Waals surface area (Å²) in [6.07, 6.45) is -0.0903. The normalized spacial score (nSPS) is 22.3. The Kier molecular flexibility index (Phi) is 5.45. The van der Waals surface area contributed by atoms with Crippen LogP contribution in [0.5, 0.6) is 0 Å². The van der Waals surface area contributed by atoms with Crippen LogP contribution in [0.15, 0.2) is 42.5 Å². The maximum atomic E-state index is 13.3. The van der Waals surface area contributed by atoms with Gasteiger partial charge in [0.2, 0.25) is 5.91 Å². The van der Waals surface area contributed by atoms with Crippen molar-refractivity contribution in [1.29, 1.82) is 0 Å². The number of ether oxygens (including phenoxy) is 2. The summed E-state index contributed by atoms with van der Waals surface area (Å²) in [5.74, 6) is -0.303. The first-order valence-corrected chi connectivity index (χ1v) is 11.4. The van der Waals surface area contributed by atoms with Crippen LogP contribution in [0.1, 0.15) is 26.9 Å². The van der Waals surface area contributed by atoms with Crippen LogP contribution >= 0.6 is 11.8 Å². The third-order valence-corrected chi connectivity index (χ3v) is 7.21. The molecule has 31 heavy (non-hydrogen) atoms. The zero-order valence-electron chi connectivity index (χ0n) is 17.1. The second-order valence-electron chi connectivity index (χ2n) is 8.15. The first kappa shape index (κ1) is 20.5. The first-order chi connectivity index (χ1) is 15.0. The molecule has 8 heteroatoms. The molecule has 3 aliphatic rings. The molecule has 0 aromatic heterocycles. The van der Waals surface area contributed by atoms with Crippen LogP contribution in [0.3, 0.4) is 0 Å². The van der Waals surface area contributed by atoms with E-state index in [1.54, 1.807) is 35.2 Å². The smallest absolute Gasteiger partial charge is 0.338 e. The molecule has 5 rings (SSSR count). The molecule has 1 atom stereocenters. The van der Waals surface area contributed by atoms with E-state index in [1.807, 2.05) is 6.92 Å². The van der Waals surface area contributed by atoms with Crippen molar-refractivity contribution in [2.24, 2.45) is 0 Å². The molecule has 2 aromatic carbocycles. The van der Waals surface area contributed by atoms with Gasteiger partial charge in [0, 0.05) is 18.8 Å². The van der Waals surface area contributed by atoms with E-state index in [4.69, 9.17) is 9.47 Å². The number of rotatable bonds is 5. The standard InChI is InChI=1S/C23H23FN2O4S/c1-14-8-16(23(28)30-19-9-25(10-19)18-11-29-12-18)4-7-20(14)26-21(27)13-31-22(26)15-2-5-17(24)6-3-15/h2-8,18-19,22H,9-13H2,1H3. The lowest BCUT2D eigenvalue weighted by Gasteiger charge is -2.46. The van der Waals surface area contributed by atoms with Gasteiger partial charge in [-0.3, -0.25) is 14.6 Å². The second-order valence-corrected chi connectivity index (χ2v) is 9.22. The Labute approximate surface area is 184 Å². The number of halogens is 1. The van der Waals surface area contributed by atoms with E-state index in [-0.39, 0.29) is 29.2 Å². The van der Waals surface area contributed by atoms with E-state index in [0.717, 1.165) is 43.1 Å². The Hall–Kier alpha value is -2.42. The van der Waals surface area contributed by atoms with Crippen molar-refractivity contribution < 1.29 is 23.5 Å². The van der Waals surface area contributed by atoms with Gasteiger partial charge in [-0.2, -0.15) is 0 Å². The number of aryl methyl sites for hydroxylation is 1. The SMILES string of the molecule is Cc1cc(C(=O)OC2CN(C3COC3)C2)ccc1N1C(=O)CSC1c1ccc(F)cc1. The van der Waals surface area contributed by atoms with Crippen LogP contribution < -0.4 is 4.90 Å². The van der Waals surface area contributed by atoms with E-state index < -0.39 is 0 Å². The highest BCUT2D eigenvalue weighted by atomic mass is 32.2. The zero-order chi connectivity index (χ0) is 21.5. The molecule has 1 unspecified atom stereocenters. The number of esters is 1. The number of hydrogen-bond donors (Lipinski definition) is 0. The van der Waals surface area contributed by atoms with Gasteiger partial charge < -0.3 is 9.47 Å². The fourth-order valence-electron chi connectivity index (χ4n) is 4.11. The molecule has 2 aromatic rings. The number of likely N-dealkylation sites (tertiary alicyclic amines) is 1. The number of thioether (sulfide) groups is 1. The van der Waals surface area contributed by atoms with Crippen molar-refractivity contribution in [3.63, 3.8) is 0 Å². The van der Waals surface area contributed by atoms with Gasteiger partial charge in [-0.1, -0.05) is 12.1 Å². The van der Waals surface area contributed by atoms with Crippen molar-refractivity contribution >= 4 is 29.3 Å². The van der Waals surface area contributed by atoms with Crippen molar-refractivity contribution in [1.82, 2.24) is 4.90 Å². The molecule has 1 amide bonds.